The van der Waals surface area contributed by atoms with E-state index in [-0.39, 0.29) is 104 Å². The molecule has 4 N–H and O–H groups in total. The summed E-state index contributed by atoms with van der Waals surface area (Å²) in [5.41, 5.74) is 5.91. The van der Waals surface area contributed by atoms with Crippen LogP contribution in [0, 0.1) is 0 Å². The molecule has 0 aromatic heterocycles. The molecule has 642 valence electrons. The smallest absolute Gasteiger partial charge is 0.263 e. The second-order valence-corrected chi connectivity index (χ2v) is 32.7. The molecule has 0 bridgehead atoms. The molecule has 8 aromatic rings. The van der Waals surface area contributed by atoms with Crippen molar-refractivity contribution in [3.05, 3.63) is 274 Å². The zero-order valence-electron chi connectivity index (χ0n) is 68.2. The first-order chi connectivity index (χ1) is 57.4. The Kier molecular flexibility index (Phi) is 34.0. The van der Waals surface area contributed by atoms with Gasteiger partial charge in [0.2, 0.25) is 53.2 Å². The van der Waals surface area contributed by atoms with E-state index in [0.29, 0.717) is 60.2 Å². The van der Waals surface area contributed by atoms with Crippen LogP contribution in [0.1, 0.15) is 143 Å². The van der Waals surface area contributed by atoms with Gasteiger partial charge in [-0.05, 0) is 163 Å². The van der Waals surface area contributed by atoms with Crippen molar-refractivity contribution in [3.63, 3.8) is 0 Å². The van der Waals surface area contributed by atoms with Crippen LogP contribution < -0.4 is 4.74 Å². The normalized spacial score (nSPS) is 20.6. The Hall–Kier alpha value is -9.87. The van der Waals surface area contributed by atoms with Crippen molar-refractivity contribution in [1.29, 1.82) is 0 Å². The van der Waals surface area contributed by atoms with Crippen molar-refractivity contribution in [1.82, 2.24) is 49.0 Å². The molecule has 5 saturated heterocycles. The Labute approximate surface area is 738 Å². The van der Waals surface area contributed by atoms with Crippen LogP contribution in [-0.2, 0) is 60.8 Å². The summed E-state index contributed by atoms with van der Waals surface area (Å²) in [6.07, 6.45) is -3.82. The fourth-order valence-electron chi connectivity index (χ4n) is 15.2. The van der Waals surface area contributed by atoms with E-state index < -0.39 is 61.3 Å². The van der Waals surface area contributed by atoms with Gasteiger partial charge in [-0.2, -0.15) is 0 Å². The highest BCUT2D eigenvalue weighted by molar-refractivity contribution is 6.32. The number of likely N-dealkylation sites (N-methyl/N-ethyl adjacent to an activating group) is 5. The Bertz CT molecular complexity index is 4920. The topological polar surface area (TPSA) is 293 Å². The van der Waals surface area contributed by atoms with E-state index >= 15 is 0 Å². The van der Waals surface area contributed by atoms with Gasteiger partial charge in [0.25, 0.3) is 5.91 Å². The second kappa shape index (κ2) is 43.3. The number of carbonyl (C=O) groups excluding carboxylic acids is 10. The molecule has 0 aliphatic carbocycles. The summed E-state index contributed by atoms with van der Waals surface area (Å²) >= 11 is 41.6. The fourth-order valence-corrected chi connectivity index (χ4v) is 16.1. The highest BCUT2D eigenvalue weighted by Crippen LogP contribution is 2.41. The monoisotopic (exact) mass is 1790 g/mol. The minimum Gasteiger partial charge on any atom is -0.484 e. The van der Waals surface area contributed by atoms with E-state index in [1.165, 1.54) is 26.5 Å². The van der Waals surface area contributed by atoms with Crippen LogP contribution in [0.2, 0.25) is 35.2 Å². The lowest BCUT2D eigenvalue weighted by atomic mass is 10.0. The van der Waals surface area contributed by atoms with Gasteiger partial charge in [0.15, 0.2) is 19.2 Å². The van der Waals surface area contributed by atoms with Crippen LogP contribution in [0.15, 0.2) is 200 Å². The van der Waals surface area contributed by atoms with Crippen molar-refractivity contribution in [2.24, 2.45) is 0 Å². The molecule has 25 nitrogen and oxygen atoms in total. The number of aliphatic hydroxyl groups is 4. The maximum atomic E-state index is 13.4. The number of halogens is 7. The van der Waals surface area contributed by atoms with Crippen molar-refractivity contribution >= 4 is 140 Å². The molecular formula is C89H97Cl7N10O15. The summed E-state index contributed by atoms with van der Waals surface area (Å²) in [5, 5.41) is 40.4. The predicted octanol–water partition coefficient (Wildman–Crippen LogP) is 14.0. The van der Waals surface area contributed by atoms with Gasteiger partial charge in [-0.25, -0.2) is 0 Å². The summed E-state index contributed by atoms with van der Waals surface area (Å²) in [5.74, 6) is -0.948. The van der Waals surface area contributed by atoms with Crippen LogP contribution in [0.5, 0.6) is 5.75 Å². The lowest BCUT2D eigenvalue weighted by Gasteiger charge is -2.30. The van der Waals surface area contributed by atoms with E-state index in [2.05, 4.69) is 0 Å². The van der Waals surface area contributed by atoms with Crippen LogP contribution >= 0.6 is 81.2 Å². The molecule has 10 amide bonds. The average Bonchev–Trinajstić information content (AvgIpc) is 1.83. The third-order valence-corrected chi connectivity index (χ3v) is 23.1. The third-order valence-electron chi connectivity index (χ3n) is 21.3. The van der Waals surface area contributed by atoms with E-state index in [4.69, 9.17) is 106 Å². The maximum Gasteiger partial charge on any atom is 0.263 e. The maximum absolute atomic E-state index is 13.4. The van der Waals surface area contributed by atoms with Gasteiger partial charge in [-0.15, -0.1) is 0 Å². The van der Waals surface area contributed by atoms with Gasteiger partial charge in [-0.3, -0.25) is 47.9 Å². The van der Waals surface area contributed by atoms with Gasteiger partial charge >= 0.3 is 0 Å². The molecule has 10 atom stereocenters. The van der Waals surface area contributed by atoms with Crippen LogP contribution in [-0.4, -0.2) is 213 Å². The minimum atomic E-state index is -1.58. The van der Waals surface area contributed by atoms with Gasteiger partial charge < -0.3 is 74.2 Å². The van der Waals surface area contributed by atoms with Crippen molar-refractivity contribution < 1.29 is 73.1 Å². The first kappa shape index (κ1) is 95.0. The summed E-state index contributed by atoms with van der Waals surface area (Å²) < 4.78 is 5.71. The summed E-state index contributed by atoms with van der Waals surface area (Å²) in [4.78, 5) is 141. The van der Waals surface area contributed by atoms with E-state index in [1.54, 1.807) is 207 Å². The van der Waals surface area contributed by atoms with E-state index in [0.717, 1.165) is 45.4 Å². The highest BCUT2D eigenvalue weighted by atomic mass is 35.5. The summed E-state index contributed by atoms with van der Waals surface area (Å²) in [6.45, 7) is 8.46. The quantitative estimate of drug-likeness (QED) is 0.0516. The number of para-hydroxylation sites is 1. The number of carbonyl (C=O) groups is 10. The Morgan fingerprint density at radius 2 is 0.587 bits per heavy atom. The Morgan fingerprint density at radius 3 is 0.876 bits per heavy atom. The average molecular weight is 1790 g/mol. The fraction of sp³-hybridized carbons (Fsp3) is 0.348. The number of ether oxygens (including phenoxy) is 1. The Morgan fingerprint density at radius 1 is 0.339 bits per heavy atom. The molecule has 5 heterocycles. The number of aliphatic hydroxyl groups excluding tert-OH is 2. The zero-order chi connectivity index (χ0) is 88.5. The lowest BCUT2D eigenvalue weighted by molar-refractivity contribution is -0.139. The van der Waals surface area contributed by atoms with Crippen LogP contribution in [0.3, 0.4) is 0 Å². The SMILES string of the molecule is CC(=O)N1C(C)C(=O)N(C)C1c1ccc(Cl)cc1.CC1C(=O)N(C)C(c2ccc(Cl)cc2)N1C(=O)CCC(O)O.CCCC(=O)N1C(C)C(=O)N(C)C1c1ccc(Cl)cc1.CN1C(=O)C(Cc2ccc(Cl)cc2)N(C(=O)CCC(O)O)C1c1ccc(Cl)cc1.CN1C(=O)C(Cc2ccc(Cl)cc2)N(C(=O)COc2ccccc2)C1c1ccc(Cl)cc1. The molecule has 0 spiro atoms. The predicted molar refractivity (Wildman–Crippen MR) is 463 cm³/mol. The number of hydrogen-bond donors (Lipinski definition) is 4. The zero-order valence-corrected chi connectivity index (χ0v) is 73.5. The molecule has 121 heavy (non-hydrogen) atoms. The summed E-state index contributed by atoms with van der Waals surface area (Å²) in [7, 11) is 8.46. The molecule has 5 aliphatic heterocycles. The Balaban J connectivity index is 0.000000175. The number of nitrogens with zero attached hydrogens (tertiary/aromatic N) is 10. The van der Waals surface area contributed by atoms with Crippen molar-refractivity contribution in [3.8, 4) is 5.75 Å². The molecule has 10 unspecified atom stereocenters. The van der Waals surface area contributed by atoms with Gasteiger partial charge in [0.05, 0.1) is 0 Å². The van der Waals surface area contributed by atoms with Crippen molar-refractivity contribution in [2.45, 2.75) is 160 Å². The lowest BCUT2D eigenvalue weighted by Crippen LogP contribution is -2.43. The molecule has 0 saturated carbocycles. The number of benzene rings is 8. The second-order valence-electron chi connectivity index (χ2n) is 29.6. The molecule has 0 radical (unpaired) electrons. The number of amides is 10. The van der Waals surface area contributed by atoms with Crippen molar-refractivity contribution in [2.75, 3.05) is 41.8 Å². The molecule has 13 rings (SSSR count). The standard InChI is InChI=1S/C25H22Cl2N2O3.C21H22Cl2N2O4.C15H19ClN2O4.C15H19ClN2O2.C13H15ClN2O2/c1-28-24(18-9-13-20(27)14-10-18)29(23(30)16-32-21-5-3-2-4-6-21)22(25(28)31)15-17-7-11-19(26)12-8-17;1-24-20(14-4-8-16(23)9-5-14)25(18(26)10-11-19(27)28)17(21(24)29)12-13-2-6-15(22)7-3-13;1-9-15(22)17(2)14(10-3-5-11(16)6-4-10)18(9)12(19)7-8-13(20)21;1-4-5-13(19)18-10(2)15(20)17(3)14(18)11-6-8-12(16)9-7-11;1-8-13(18)15(3)12(16(8)9(2)17)10-4-6-11(14)7-5-10/h2-14,22,24H,15-16H2,1H3;2-9,17,19-20,27-28H,10-12H2,1H3;3-6,9,13-14,20-21H,7-8H2,1-2H3;6-10,14H,4-5H2,1-3H3;4-8,12H,1-3H3. The summed E-state index contributed by atoms with van der Waals surface area (Å²) in [6, 6.07) is 56.4. The van der Waals surface area contributed by atoms with Gasteiger partial charge in [0, 0.05) is 122 Å². The minimum absolute atomic E-state index is 0.0117. The number of rotatable bonds is 20. The van der Waals surface area contributed by atoms with Crippen LogP contribution in [0.4, 0.5) is 0 Å². The molecule has 5 fully saturated rings. The highest BCUT2D eigenvalue weighted by Gasteiger charge is 2.51. The molecule has 8 aromatic carbocycles. The first-order valence-corrected chi connectivity index (χ1v) is 41.6. The first-order valence-electron chi connectivity index (χ1n) is 39.0. The third kappa shape index (κ3) is 23.5. The van der Waals surface area contributed by atoms with E-state index in [9.17, 15) is 47.9 Å². The molecular weight excluding hydrogens is 1700 g/mol. The van der Waals surface area contributed by atoms with Gasteiger partial charge in [-0.1, -0.05) is 191 Å². The number of hydrogen-bond acceptors (Lipinski definition) is 15. The van der Waals surface area contributed by atoms with E-state index in [1.807, 2.05) is 85.8 Å². The van der Waals surface area contributed by atoms with Crippen LogP contribution in [0.25, 0.3) is 0 Å². The largest absolute Gasteiger partial charge is 0.484 e. The molecule has 5 aliphatic rings. The molecule has 32 heteroatoms. The van der Waals surface area contributed by atoms with Gasteiger partial charge in [0.1, 0.15) is 66.8 Å².